The normalized spacial score (nSPS) is 26.8. The second kappa shape index (κ2) is 9.74. The van der Waals surface area contributed by atoms with Crippen LogP contribution in [0.2, 0.25) is 5.02 Å². The van der Waals surface area contributed by atoms with Crippen LogP contribution in [0.3, 0.4) is 0 Å². The largest absolute Gasteiger partial charge is 0.392 e. The molecular formula is C26H33ClN8O2. The van der Waals surface area contributed by atoms with Gasteiger partial charge in [-0.15, -0.1) is 0 Å². The molecule has 3 aromatic heterocycles. The van der Waals surface area contributed by atoms with Gasteiger partial charge in [0.05, 0.1) is 46.7 Å². The van der Waals surface area contributed by atoms with E-state index < -0.39 is 0 Å². The molecule has 0 spiro atoms. The average molecular weight is 525 g/mol. The summed E-state index contributed by atoms with van der Waals surface area (Å²) in [4.78, 5) is 27.1. The molecule has 3 aliphatic rings. The minimum Gasteiger partial charge on any atom is -0.392 e. The zero-order valence-electron chi connectivity index (χ0n) is 20.8. The van der Waals surface area contributed by atoms with Crippen LogP contribution in [0.15, 0.2) is 30.7 Å². The third-order valence-corrected chi connectivity index (χ3v) is 8.60. The number of piperidine rings is 1. The number of rotatable bonds is 8. The van der Waals surface area contributed by atoms with Crippen molar-refractivity contribution >= 4 is 34.4 Å². The van der Waals surface area contributed by atoms with Gasteiger partial charge in [0.25, 0.3) is 0 Å². The Kier molecular flexibility index (Phi) is 6.42. The Balaban J connectivity index is 1.21. The number of nitrogens with one attached hydrogen (secondary N) is 2. The number of hydrogen-bond donors (Lipinski definition) is 4. The van der Waals surface area contributed by atoms with E-state index in [0.29, 0.717) is 33.7 Å². The number of aliphatic hydroxyl groups excluding tert-OH is 1. The van der Waals surface area contributed by atoms with Crippen molar-refractivity contribution in [2.24, 2.45) is 23.5 Å². The van der Waals surface area contributed by atoms with Crippen LogP contribution >= 0.6 is 11.6 Å². The van der Waals surface area contributed by atoms with Gasteiger partial charge in [0.2, 0.25) is 5.91 Å². The number of imidazole rings is 1. The molecule has 2 aliphatic carbocycles. The summed E-state index contributed by atoms with van der Waals surface area (Å²) < 4.78 is 2.02. The maximum Gasteiger partial charge on any atom is 0.223 e. The van der Waals surface area contributed by atoms with Gasteiger partial charge in [-0.25, -0.2) is 9.97 Å². The maximum absolute atomic E-state index is 12.2. The number of likely N-dealkylation sites (tertiary alicyclic amines) is 1. The minimum absolute atomic E-state index is 0.122. The van der Waals surface area contributed by atoms with E-state index in [2.05, 4.69) is 37.4 Å². The first-order valence-electron chi connectivity index (χ1n) is 13.1. The number of aliphatic hydroxyl groups is 1. The Morgan fingerprint density at radius 2 is 2.08 bits per heavy atom. The molecule has 1 aliphatic heterocycles. The highest BCUT2D eigenvalue weighted by atomic mass is 35.5. The number of nitrogens with two attached hydrogens (primary N) is 1. The minimum atomic E-state index is -0.293. The number of nitrogens with zero attached hydrogens (tertiary/aromatic N) is 5. The lowest BCUT2D eigenvalue weighted by atomic mass is 9.88. The van der Waals surface area contributed by atoms with E-state index in [0.717, 1.165) is 50.9 Å². The van der Waals surface area contributed by atoms with Gasteiger partial charge in [-0.3, -0.25) is 9.48 Å². The van der Waals surface area contributed by atoms with Gasteiger partial charge in [-0.1, -0.05) is 30.7 Å². The molecule has 1 amide bonds. The Morgan fingerprint density at radius 3 is 2.84 bits per heavy atom. The van der Waals surface area contributed by atoms with Gasteiger partial charge in [-0.05, 0) is 37.5 Å². The van der Waals surface area contributed by atoms with Crippen LogP contribution in [-0.2, 0) is 4.79 Å². The van der Waals surface area contributed by atoms with Gasteiger partial charge in [0.15, 0.2) is 5.65 Å². The Morgan fingerprint density at radius 1 is 1.30 bits per heavy atom. The zero-order valence-corrected chi connectivity index (χ0v) is 21.6. The van der Waals surface area contributed by atoms with Crippen molar-refractivity contribution in [3.05, 3.63) is 35.8 Å². The van der Waals surface area contributed by atoms with E-state index >= 15 is 0 Å². The first-order valence-corrected chi connectivity index (χ1v) is 13.5. The molecule has 5 atom stereocenters. The molecule has 1 saturated heterocycles. The summed E-state index contributed by atoms with van der Waals surface area (Å²) in [6.45, 7) is 4.64. The molecule has 37 heavy (non-hydrogen) atoms. The molecule has 0 aromatic carbocycles. The molecule has 10 nitrogen and oxygen atoms in total. The van der Waals surface area contributed by atoms with Gasteiger partial charge < -0.3 is 26.0 Å². The van der Waals surface area contributed by atoms with Gasteiger partial charge in [0.1, 0.15) is 11.3 Å². The number of hydrogen-bond acceptors (Lipinski definition) is 7. The van der Waals surface area contributed by atoms with Crippen molar-refractivity contribution in [2.45, 2.75) is 50.8 Å². The van der Waals surface area contributed by atoms with Gasteiger partial charge >= 0.3 is 0 Å². The number of carbonyl (C=O) groups is 1. The standard InChI is InChI=1S/C26H33ClN8O2/c1-2-18(36)13-34-7-5-17(6-8-34)35-12-16(10-30-35)25-32-23-22(19(27)11-29-26(23)33-25)31-21-15-4-3-14(9-15)20(21)24(28)37/h3-4,10-12,14-15,17-18,20-21,36H,2,5-9,13H2,1H3,(H2,28,37)(H2,29,31,32,33)/t14-,15+,18+,20+,21-/m1/s1. The Hall–Kier alpha value is -2.95. The van der Waals surface area contributed by atoms with Crippen LogP contribution in [0, 0.1) is 17.8 Å². The summed E-state index contributed by atoms with van der Waals surface area (Å²) in [6.07, 6.45) is 13.1. The predicted molar refractivity (Wildman–Crippen MR) is 142 cm³/mol. The molecule has 5 N–H and O–H groups in total. The molecule has 196 valence electrons. The van der Waals surface area contributed by atoms with Crippen molar-refractivity contribution in [3.63, 3.8) is 0 Å². The van der Waals surface area contributed by atoms with Crippen LogP contribution in [0.1, 0.15) is 38.6 Å². The SMILES string of the molecule is CC[C@H](O)CN1CCC(n2cc(-c3nc4c(N[C@H]5[C@@H](C(N)=O)[C@@H]6C=C[C@H]5C6)c(Cl)cnc4[nH]3)cn2)CC1. The lowest BCUT2D eigenvalue weighted by Crippen LogP contribution is -2.41. The van der Waals surface area contributed by atoms with E-state index in [1.165, 1.54) is 0 Å². The van der Waals surface area contributed by atoms with Crippen molar-refractivity contribution in [1.82, 2.24) is 29.6 Å². The van der Waals surface area contributed by atoms with Crippen molar-refractivity contribution in [2.75, 3.05) is 25.0 Å². The van der Waals surface area contributed by atoms with Gasteiger partial charge in [0, 0.05) is 31.9 Å². The molecule has 2 fully saturated rings. The fraction of sp³-hybridized carbons (Fsp3) is 0.538. The number of primary amides is 1. The monoisotopic (exact) mass is 524 g/mol. The summed E-state index contributed by atoms with van der Waals surface area (Å²) >= 11 is 6.58. The third kappa shape index (κ3) is 4.51. The van der Waals surface area contributed by atoms with E-state index in [1.807, 2.05) is 24.0 Å². The van der Waals surface area contributed by atoms with Crippen molar-refractivity contribution in [3.8, 4) is 11.4 Å². The number of H-pyrrole nitrogens is 1. The number of halogens is 1. The number of allylic oxidation sites excluding steroid dienone is 1. The number of anilines is 1. The van der Waals surface area contributed by atoms with E-state index in [1.54, 1.807) is 6.20 Å². The number of aromatic nitrogens is 5. The number of β-amino-alcohol motifs (C(OH)–C–C–N with tert-alkyl or cyclic N) is 1. The van der Waals surface area contributed by atoms with Crippen molar-refractivity contribution in [1.29, 1.82) is 0 Å². The number of pyridine rings is 1. The number of carbonyl (C=O) groups excluding carboxylic acids is 1. The van der Waals surface area contributed by atoms with E-state index in [-0.39, 0.29) is 35.8 Å². The van der Waals surface area contributed by atoms with Crippen LogP contribution in [-0.4, -0.2) is 72.4 Å². The topological polar surface area (TPSA) is 138 Å². The molecule has 1 saturated carbocycles. The van der Waals surface area contributed by atoms with E-state index in [4.69, 9.17) is 22.3 Å². The molecule has 0 radical (unpaired) electrons. The molecule has 6 rings (SSSR count). The number of aromatic amines is 1. The Bertz CT molecular complexity index is 1330. The third-order valence-electron chi connectivity index (χ3n) is 8.31. The molecule has 2 bridgehead atoms. The quantitative estimate of drug-likeness (QED) is 0.332. The fourth-order valence-electron chi connectivity index (χ4n) is 6.23. The predicted octanol–water partition coefficient (Wildman–Crippen LogP) is 2.97. The summed E-state index contributed by atoms with van der Waals surface area (Å²) in [6, 6.07) is 0.192. The molecular weight excluding hydrogens is 492 g/mol. The van der Waals surface area contributed by atoms with Crippen LogP contribution in [0.4, 0.5) is 5.69 Å². The molecule has 4 heterocycles. The summed E-state index contributed by atoms with van der Waals surface area (Å²) in [5.41, 5.74) is 8.55. The summed E-state index contributed by atoms with van der Waals surface area (Å²) in [7, 11) is 0. The van der Waals surface area contributed by atoms with Crippen LogP contribution in [0.5, 0.6) is 0 Å². The van der Waals surface area contributed by atoms with Crippen LogP contribution < -0.4 is 11.1 Å². The highest BCUT2D eigenvalue weighted by Crippen LogP contribution is 2.46. The lowest BCUT2D eigenvalue weighted by Gasteiger charge is -2.33. The molecule has 3 aromatic rings. The second-order valence-electron chi connectivity index (χ2n) is 10.6. The zero-order chi connectivity index (χ0) is 25.7. The Labute approximate surface area is 220 Å². The maximum atomic E-state index is 12.2. The summed E-state index contributed by atoms with van der Waals surface area (Å²) in [5.74, 6) is 0.498. The fourth-order valence-corrected chi connectivity index (χ4v) is 6.42. The van der Waals surface area contributed by atoms with Gasteiger partial charge in [-0.2, -0.15) is 5.10 Å². The first kappa shape index (κ1) is 24.4. The lowest BCUT2D eigenvalue weighted by molar-refractivity contribution is -0.122. The highest BCUT2D eigenvalue weighted by Gasteiger charge is 2.47. The first-order chi connectivity index (χ1) is 17.9. The van der Waals surface area contributed by atoms with E-state index in [9.17, 15) is 9.90 Å². The molecule has 11 heteroatoms. The van der Waals surface area contributed by atoms with Crippen LogP contribution in [0.25, 0.3) is 22.6 Å². The smallest absolute Gasteiger partial charge is 0.223 e. The highest BCUT2D eigenvalue weighted by molar-refractivity contribution is 6.34. The number of amides is 1. The summed E-state index contributed by atoms with van der Waals surface area (Å²) in [5, 5.41) is 18.6. The second-order valence-corrected chi connectivity index (χ2v) is 11.0. The molecule has 0 unspecified atom stereocenters. The average Bonchev–Trinajstić information content (AvgIpc) is 3.69. The number of fused-ring (bicyclic) bond motifs is 3. The van der Waals surface area contributed by atoms with Crippen molar-refractivity contribution < 1.29 is 9.90 Å².